The number of carbonyl (C=O) groups excluding carboxylic acids is 1. The Kier molecular flexibility index (Phi) is 8.40. The highest BCUT2D eigenvalue weighted by molar-refractivity contribution is 14.0. The van der Waals surface area contributed by atoms with Crippen LogP contribution in [0.4, 0.5) is 10.5 Å². The molecule has 0 unspecified atom stereocenters. The van der Waals surface area contributed by atoms with Crippen LogP contribution in [0.25, 0.3) is 0 Å². The van der Waals surface area contributed by atoms with Crippen molar-refractivity contribution >= 4 is 52.7 Å². The summed E-state index contributed by atoms with van der Waals surface area (Å²) < 4.78 is 5.31. The second kappa shape index (κ2) is 8.77. The smallest absolute Gasteiger partial charge is 0.408 e. The van der Waals surface area contributed by atoms with Gasteiger partial charge in [-0.05, 0) is 58.6 Å². The number of nitrogens with two attached hydrogens (primary N) is 1. The first kappa shape index (κ1) is 22.0. The molecule has 23 heavy (non-hydrogen) atoms. The summed E-state index contributed by atoms with van der Waals surface area (Å²) in [6, 6.07) is 7.60. The van der Waals surface area contributed by atoms with Crippen LogP contribution in [0.1, 0.15) is 40.2 Å². The average molecular weight is 451 g/mol. The van der Waals surface area contributed by atoms with Gasteiger partial charge in [-0.15, -0.1) is 24.0 Å². The Hall–Kier alpha value is -0.960. The Morgan fingerprint density at radius 3 is 2.39 bits per heavy atom. The van der Waals surface area contributed by atoms with Crippen LogP contribution in [0, 0.1) is 0 Å². The van der Waals surface area contributed by atoms with Gasteiger partial charge < -0.3 is 15.8 Å². The quantitative estimate of drug-likeness (QED) is 0.407. The summed E-state index contributed by atoms with van der Waals surface area (Å²) in [5.74, 6) is 0. The number of thioether (sulfide) groups is 1. The molecular formula is C16H26IN3O2S. The second-order valence-corrected chi connectivity index (χ2v) is 7.28. The Bertz CT molecular complexity index is 569. The number of carbonyl (C=O) groups is 1. The minimum atomic E-state index is -0.581. The van der Waals surface area contributed by atoms with Gasteiger partial charge in [-0.2, -0.15) is 0 Å². The van der Waals surface area contributed by atoms with Gasteiger partial charge in [0, 0.05) is 0 Å². The van der Waals surface area contributed by atoms with Crippen molar-refractivity contribution in [2.45, 2.75) is 45.8 Å². The molecule has 7 heteroatoms. The van der Waals surface area contributed by atoms with E-state index in [0.29, 0.717) is 5.17 Å². The summed E-state index contributed by atoms with van der Waals surface area (Å²) in [5, 5.41) is 3.37. The average Bonchev–Trinajstić information content (AvgIpc) is 2.35. The Morgan fingerprint density at radius 2 is 1.87 bits per heavy atom. The number of halogens is 1. The van der Waals surface area contributed by atoms with Crippen molar-refractivity contribution < 1.29 is 9.53 Å². The van der Waals surface area contributed by atoms with Crippen LogP contribution in [0.15, 0.2) is 29.3 Å². The lowest BCUT2D eigenvalue weighted by atomic mass is 9.94. The zero-order chi connectivity index (χ0) is 17.0. The molecule has 0 fully saturated rings. The van der Waals surface area contributed by atoms with E-state index in [9.17, 15) is 4.79 Å². The predicted molar refractivity (Wildman–Crippen MR) is 109 cm³/mol. The third kappa shape index (κ3) is 7.92. The molecule has 0 aromatic heterocycles. The first-order valence-electron chi connectivity index (χ1n) is 7.03. The van der Waals surface area contributed by atoms with E-state index in [-0.39, 0.29) is 24.0 Å². The number of aliphatic imine (C=N–C) groups is 1. The summed E-state index contributed by atoms with van der Waals surface area (Å²) in [7, 11) is 0. The van der Waals surface area contributed by atoms with Crippen molar-refractivity contribution in [1.29, 1.82) is 0 Å². The minimum Gasteiger partial charge on any atom is -0.444 e. The molecule has 3 N–H and O–H groups in total. The van der Waals surface area contributed by atoms with Crippen LogP contribution < -0.4 is 11.1 Å². The van der Waals surface area contributed by atoms with E-state index in [1.807, 2.05) is 65.1 Å². The topological polar surface area (TPSA) is 76.7 Å². The van der Waals surface area contributed by atoms with Crippen LogP contribution in [0.2, 0.25) is 0 Å². The van der Waals surface area contributed by atoms with Crippen molar-refractivity contribution in [1.82, 2.24) is 5.32 Å². The maximum Gasteiger partial charge on any atom is 0.408 e. The monoisotopic (exact) mass is 451 g/mol. The molecule has 0 aliphatic heterocycles. The summed E-state index contributed by atoms with van der Waals surface area (Å²) in [4.78, 5) is 16.3. The fourth-order valence-corrected chi connectivity index (χ4v) is 1.96. The Labute approximate surface area is 159 Å². The zero-order valence-corrected chi connectivity index (χ0v) is 17.6. The largest absolute Gasteiger partial charge is 0.444 e. The molecule has 1 amide bonds. The van der Waals surface area contributed by atoms with E-state index in [0.717, 1.165) is 11.3 Å². The number of alkyl carbamates (subject to hydrolysis) is 1. The molecular weight excluding hydrogens is 425 g/mol. The molecule has 0 atom stereocenters. The number of benzene rings is 1. The van der Waals surface area contributed by atoms with Gasteiger partial charge in [0.1, 0.15) is 5.60 Å². The molecule has 1 aromatic rings. The number of ether oxygens (including phenoxy) is 1. The number of rotatable bonds is 3. The molecule has 130 valence electrons. The van der Waals surface area contributed by atoms with Crippen LogP contribution in [0.3, 0.4) is 0 Å². The molecule has 0 saturated carbocycles. The van der Waals surface area contributed by atoms with Crippen molar-refractivity contribution in [3.8, 4) is 0 Å². The fraction of sp³-hybridized carbons (Fsp3) is 0.500. The highest BCUT2D eigenvalue weighted by Crippen LogP contribution is 2.25. The van der Waals surface area contributed by atoms with Gasteiger partial charge in [-0.3, -0.25) is 0 Å². The normalized spacial score (nSPS) is 12.3. The van der Waals surface area contributed by atoms with Gasteiger partial charge in [0.25, 0.3) is 0 Å². The summed E-state index contributed by atoms with van der Waals surface area (Å²) in [6.07, 6.45) is 1.42. The number of nitrogens with zero attached hydrogens (tertiary/aromatic N) is 1. The maximum atomic E-state index is 12.0. The van der Waals surface area contributed by atoms with Gasteiger partial charge in [0.05, 0.1) is 11.2 Å². The van der Waals surface area contributed by atoms with Crippen LogP contribution in [-0.4, -0.2) is 23.1 Å². The minimum absolute atomic E-state index is 0. The lowest BCUT2D eigenvalue weighted by Gasteiger charge is -2.29. The van der Waals surface area contributed by atoms with Gasteiger partial charge in [-0.1, -0.05) is 23.9 Å². The second-order valence-electron chi connectivity index (χ2n) is 6.46. The molecule has 1 rings (SSSR count). The lowest BCUT2D eigenvalue weighted by Crippen LogP contribution is -2.43. The van der Waals surface area contributed by atoms with E-state index in [4.69, 9.17) is 10.5 Å². The number of hydrogen-bond acceptors (Lipinski definition) is 4. The summed E-state index contributed by atoms with van der Waals surface area (Å²) in [6.45, 7) is 9.33. The van der Waals surface area contributed by atoms with Crippen LogP contribution in [0.5, 0.6) is 0 Å². The van der Waals surface area contributed by atoms with Gasteiger partial charge in [0.15, 0.2) is 5.17 Å². The molecule has 1 aromatic carbocycles. The number of amides is 1. The SMILES string of the molecule is CSC(N)=Nc1cccc(C(C)(C)NC(=O)OC(C)(C)C)c1.I. The predicted octanol–water partition coefficient (Wildman–Crippen LogP) is 4.37. The van der Waals surface area contributed by atoms with Crippen molar-refractivity contribution in [2.24, 2.45) is 10.7 Å². The molecule has 0 bridgehead atoms. The standard InChI is InChI=1S/C16H25N3O2S.HI/c1-15(2,3)21-14(20)19-16(4,5)11-8-7-9-12(10-11)18-13(17)22-6;/h7-10H,1-6H3,(H2,17,18)(H,19,20);1H. The van der Waals surface area contributed by atoms with Gasteiger partial charge in [0.2, 0.25) is 0 Å². The molecule has 0 aliphatic carbocycles. The number of hydrogen-bond donors (Lipinski definition) is 2. The van der Waals surface area contributed by atoms with E-state index in [1.54, 1.807) is 0 Å². The van der Waals surface area contributed by atoms with Gasteiger partial charge in [-0.25, -0.2) is 9.79 Å². The Balaban J connectivity index is 0.00000484. The van der Waals surface area contributed by atoms with Crippen LogP contribution >= 0.6 is 35.7 Å². The van der Waals surface area contributed by atoms with E-state index in [2.05, 4.69) is 10.3 Å². The third-order valence-electron chi connectivity index (χ3n) is 2.83. The molecule has 0 aliphatic rings. The van der Waals surface area contributed by atoms with Crippen molar-refractivity contribution in [3.63, 3.8) is 0 Å². The zero-order valence-electron chi connectivity index (χ0n) is 14.5. The van der Waals surface area contributed by atoms with Crippen LogP contribution in [-0.2, 0) is 10.3 Å². The number of nitrogens with one attached hydrogen (secondary N) is 1. The van der Waals surface area contributed by atoms with Gasteiger partial charge >= 0.3 is 6.09 Å². The van der Waals surface area contributed by atoms with E-state index < -0.39 is 17.2 Å². The third-order valence-corrected chi connectivity index (χ3v) is 3.34. The first-order chi connectivity index (χ1) is 10.0. The Morgan fingerprint density at radius 1 is 1.26 bits per heavy atom. The van der Waals surface area contributed by atoms with Crippen molar-refractivity contribution in [2.75, 3.05) is 6.26 Å². The maximum absolute atomic E-state index is 12.0. The fourth-order valence-electron chi connectivity index (χ4n) is 1.77. The molecule has 0 saturated heterocycles. The summed E-state index contributed by atoms with van der Waals surface area (Å²) in [5.41, 5.74) is 6.31. The molecule has 0 spiro atoms. The number of amidine groups is 1. The van der Waals surface area contributed by atoms with E-state index in [1.165, 1.54) is 11.8 Å². The first-order valence-corrected chi connectivity index (χ1v) is 8.26. The molecule has 5 nitrogen and oxygen atoms in total. The molecule has 0 radical (unpaired) electrons. The molecule has 0 heterocycles. The summed E-state index contributed by atoms with van der Waals surface area (Å²) >= 11 is 1.39. The lowest BCUT2D eigenvalue weighted by molar-refractivity contribution is 0.0470. The highest BCUT2D eigenvalue weighted by Gasteiger charge is 2.26. The van der Waals surface area contributed by atoms with Crippen molar-refractivity contribution in [3.05, 3.63) is 29.8 Å². The van der Waals surface area contributed by atoms with E-state index >= 15 is 0 Å². The highest BCUT2D eigenvalue weighted by atomic mass is 127.